The highest BCUT2D eigenvalue weighted by atomic mass is 16.2. The van der Waals surface area contributed by atoms with Crippen molar-refractivity contribution in [2.45, 2.75) is 50.2 Å². The van der Waals surface area contributed by atoms with E-state index in [2.05, 4.69) is 33.3 Å². The molecule has 2 amide bonds. The number of para-hydroxylation sites is 1. The Hall–Kier alpha value is -3.21. The summed E-state index contributed by atoms with van der Waals surface area (Å²) < 4.78 is 0. The Labute approximate surface area is 212 Å². The zero-order chi connectivity index (χ0) is 24.7. The van der Waals surface area contributed by atoms with E-state index in [0.29, 0.717) is 24.7 Å². The Morgan fingerprint density at radius 3 is 2.61 bits per heavy atom. The molecule has 7 nitrogen and oxygen atoms in total. The first-order valence-electron chi connectivity index (χ1n) is 13.3. The van der Waals surface area contributed by atoms with Crippen LogP contribution in [-0.2, 0) is 21.7 Å². The fraction of sp³-hybridized carbons (Fsp3) is 0.483. The summed E-state index contributed by atoms with van der Waals surface area (Å²) >= 11 is 0. The minimum atomic E-state index is -0.863. The smallest absolute Gasteiger partial charge is 0.253 e. The van der Waals surface area contributed by atoms with Crippen LogP contribution in [0.15, 0.2) is 48.5 Å². The van der Waals surface area contributed by atoms with Crippen molar-refractivity contribution in [3.63, 3.8) is 0 Å². The van der Waals surface area contributed by atoms with Gasteiger partial charge in [-0.15, -0.1) is 0 Å². The van der Waals surface area contributed by atoms with Crippen LogP contribution in [-0.4, -0.2) is 60.4 Å². The third kappa shape index (κ3) is 3.63. The number of hydrogen-bond acceptors (Lipinski definition) is 5. The van der Waals surface area contributed by atoms with Crippen LogP contribution in [0.25, 0.3) is 0 Å². The highest BCUT2D eigenvalue weighted by molar-refractivity contribution is 6.10. The summed E-state index contributed by atoms with van der Waals surface area (Å²) in [6, 6.07) is 18.4. The molecular formula is C29H33N5O2. The number of nitrogens with one attached hydrogen (secondary N) is 1. The number of rotatable bonds is 2. The normalized spacial score (nSPS) is 28.8. The zero-order valence-corrected chi connectivity index (χ0v) is 20.7. The Morgan fingerprint density at radius 1 is 0.972 bits per heavy atom. The molecule has 0 saturated carbocycles. The van der Waals surface area contributed by atoms with Crippen LogP contribution in [0, 0.1) is 17.2 Å². The van der Waals surface area contributed by atoms with E-state index in [1.807, 2.05) is 41.3 Å². The predicted octanol–water partition coefficient (Wildman–Crippen LogP) is 3.00. The van der Waals surface area contributed by atoms with E-state index in [0.717, 1.165) is 69.5 Å². The van der Waals surface area contributed by atoms with Crippen LogP contribution in [0.3, 0.4) is 0 Å². The van der Waals surface area contributed by atoms with Crippen molar-refractivity contribution in [1.29, 1.82) is 5.26 Å². The van der Waals surface area contributed by atoms with Crippen molar-refractivity contribution in [1.82, 2.24) is 15.1 Å². The maximum Gasteiger partial charge on any atom is 0.253 e. The molecule has 7 heteroatoms. The quantitative estimate of drug-likeness (QED) is 0.711. The molecule has 4 aliphatic heterocycles. The van der Waals surface area contributed by atoms with Crippen molar-refractivity contribution < 1.29 is 9.59 Å². The fourth-order valence-corrected chi connectivity index (χ4v) is 7.09. The zero-order valence-electron chi connectivity index (χ0n) is 20.7. The molecule has 3 fully saturated rings. The molecule has 0 aliphatic carbocycles. The van der Waals surface area contributed by atoms with Crippen LogP contribution in [0.5, 0.6) is 0 Å². The Balaban J connectivity index is 1.30. The number of nitriles is 1. The van der Waals surface area contributed by atoms with Gasteiger partial charge in [-0.25, -0.2) is 0 Å². The third-order valence-corrected chi connectivity index (χ3v) is 8.63. The van der Waals surface area contributed by atoms with Crippen LogP contribution >= 0.6 is 0 Å². The molecule has 0 aromatic heterocycles. The van der Waals surface area contributed by atoms with Crippen LogP contribution in [0.1, 0.15) is 48.8 Å². The lowest BCUT2D eigenvalue weighted by Gasteiger charge is -2.37. The minimum absolute atomic E-state index is 0.0206. The topological polar surface area (TPSA) is 79.7 Å². The average molecular weight is 484 g/mol. The summed E-state index contributed by atoms with van der Waals surface area (Å²) in [6.45, 7) is 4.65. The molecule has 2 aromatic rings. The number of carbonyl (C=O) groups is 2. The first kappa shape index (κ1) is 23.2. The van der Waals surface area contributed by atoms with Crippen molar-refractivity contribution in [2.24, 2.45) is 5.92 Å². The van der Waals surface area contributed by atoms with Crippen LogP contribution in [0.4, 0.5) is 5.69 Å². The predicted molar refractivity (Wildman–Crippen MR) is 137 cm³/mol. The van der Waals surface area contributed by atoms with Gasteiger partial charge in [0.2, 0.25) is 5.91 Å². The van der Waals surface area contributed by atoms with E-state index in [-0.39, 0.29) is 17.7 Å². The maximum atomic E-state index is 14.4. The molecule has 1 spiro atoms. The number of amides is 2. The summed E-state index contributed by atoms with van der Waals surface area (Å²) in [7, 11) is 0. The highest BCUT2D eigenvalue weighted by Crippen LogP contribution is 2.57. The van der Waals surface area contributed by atoms with Crippen LogP contribution in [0.2, 0.25) is 0 Å². The lowest BCUT2D eigenvalue weighted by atomic mass is 9.78. The first-order chi connectivity index (χ1) is 17.6. The summed E-state index contributed by atoms with van der Waals surface area (Å²) in [5, 5.41) is 12.3. The molecule has 6 rings (SSSR count). The lowest BCUT2D eigenvalue weighted by Crippen LogP contribution is -2.56. The third-order valence-electron chi connectivity index (χ3n) is 8.63. The second-order valence-electron chi connectivity index (χ2n) is 10.6. The van der Waals surface area contributed by atoms with E-state index < -0.39 is 5.54 Å². The summed E-state index contributed by atoms with van der Waals surface area (Å²) in [6.07, 6.45) is 4.63. The molecular weight excluding hydrogens is 450 g/mol. The number of fused-ring (bicyclic) bond motifs is 4. The van der Waals surface area contributed by atoms with Gasteiger partial charge in [0.25, 0.3) is 5.91 Å². The van der Waals surface area contributed by atoms with Crippen LogP contribution < -0.4 is 10.2 Å². The van der Waals surface area contributed by atoms with Gasteiger partial charge in [-0.05, 0) is 62.4 Å². The van der Waals surface area contributed by atoms with Gasteiger partial charge in [0, 0.05) is 50.0 Å². The van der Waals surface area contributed by atoms with Gasteiger partial charge in [-0.1, -0.05) is 30.3 Å². The van der Waals surface area contributed by atoms with Crippen molar-refractivity contribution >= 4 is 17.5 Å². The highest BCUT2D eigenvalue weighted by Gasteiger charge is 2.66. The lowest BCUT2D eigenvalue weighted by molar-refractivity contribution is -0.138. The van der Waals surface area contributed by atoms with Gasteiger partial charge in [0.05, 0.1) is 17.6 Å². The van der Waals surface area contributed by atoms with E-state index in [9.17, 15) is 9.59 Å². The standard InChI is InChI=1S/C29H33N5O2/c30-19-21-9-11-22(12-10-21)20-32-14-4-13-31-27(35)25-18-23-6-3-17-34(23)29(25)24-7-1-2-8-26(24)33(28(29)36)16-5-15-32/h1-2,7-12,23,25H,3-6,13-18,20H2,(H,31,35)/t23-,25-,29+/m0/s1. The first-order valence-corrected chi connectivity index (χ1v) is 13.3. The second kappa shape index (κ2) is 9.34. The second-order valence-corrected chi connectivity index (χ2v) is 10.6. The molecule has 1 N–H and O–H groups in total. The number of carbonyl (C=O) groups excluding carboxylic acids is 2. The summed E-state index contributed by atoms with van der Waals surface area (Å²) in [5.41, 5.74) is 2.96. The molecule has 2 bridgehead atoms. The Bertz CT molecular complexity index is 1200. The van der Waals surface area contributed by atoms with E-state index in [4.69, 9.17) is 5.26 Å². The Morgan fingerprint density at radius 2 is 1.78 bits per heavy atom. The number of benzene rings is 2. The molecule has 186 valence electrons. The van der Waals surface area contributed by atoms with E-state index >= 15 is 0 Å². The van der Waals surface area contributed by atoms with Gasteiger partial charge in [0.1, 0.15) is 5.54 Å². The van der Waals surface area contributed by atoms with Gasteiger partial charge in [-0.2, -0.15) is 5.26 Å². The molecule has 36 heavy (non-hydrogen) atoms. The average Bonchev–Trinajstić information content (AvgIpc) is 3.55. The summed E-state index contributed by atoms with van der Waals surface area (Å²) in [4.78, 5) is 34.7. The molecule has 2 aromatic carbocycles. The van der Waals surface area contributed by atoms with Gasteiger partial charge >= 0.3 is 0 Å². The number of nitrogens with zero attached hydrogens (tertiary/aromatic N) is 4. The molecule has 3 saturated heterocycles. The minimum Gasteiger partial charge on any atom is -0.356 e. The molecule has 4 aliphatic rings. The molecule has 4 heterocycles. The number of anilines is 1. The van der Waals surface area contributed by atoms with Crippen molar-refractivity contribution in [3.05, 3.63) is 65.2 Å². The largest absolute Gasteiger partial charge is 0.356 e. The SMILES string of the molecule is N#Cc1ccc(CN2CCCNC(=O)[C@@H]3C[C@@H]4CCCN4[C@@]34C(=O)N(CCC2)c2ccccc24)cc1. The number of hydrogen-bond donors (Lipinski definition) is 1. The van der Waals surface area contributed by atoms with Gasteiger partial charge in [0.15, 0.2) is 0 Å². The summed E-state index contributed by atoms with van der Waals surface area (Å²) in [5.74, 6) is -0.240. The van der Waals surface area contributed by atoms with Gasteiger partial charge in [-0.3, -0.25) is 19.4 Å². The van der Waals surface area contributed by atoms with E-state index in [1.54, 1.807) is 0 Å². The van der Waals surface area contributed by atoms with E-state index in [1.165, 1.54) is 5.56 Å². The molecule has 0 radical (unpaired) electrons. The fourth-order valence-electron chi connectivity index (χ4n) is 7.09. The molecule has 0 unspecified atom stereocenters. The van der Waals surface area contributed by atoms with Gasteiger partial charge < -0.3 is 10.2 Å². The van der Waals surface area contributed by atoms with Crippen molar-refractivity contribution in [3.8, 4) is 6.07 Å². The Kier molecular flexibility index (Phi) is 6.02. The van der Waals surface area contributed by atoms with Crippen molar-refractivity contribution in [2.75, 3.05) is 37.6 Å². The maximum absolute atomic E-state index is 14.4. The monoisotopic (exact) mass is 483 g/mol. The molecule has 3 atom stereocenters.